The summed E-state index contributed by atoms with van der Waals surface area (Å²) in [7, 11) is 1.53. The predicted molar refractivity (Wildman–Crippen MR) is 87.2 cm³/mol. The minimum Gasteiger partial charge on any atom is -0.493 e. The Kier molecular flexibility index (Phi) is 5.52. The standard InChI is InChI=1S/C16H15Cl2NO3/c1-21-14-5-3-11(16(19)20)8-15(14)22-7-6-10-2-4-12(17)9-13(10)18/h2-5,8-9H,6-7H2,1H3,(H2,19,20). The number of halogens is 2. The SMILES string of the molecule is COc1ccc(C(N)=O)cc1OCCc1ccc(Cl)cc1Cl. The molecule has 0 heterocycles. The molecule has 1 amide bonds. The van der Waals surface area contributed by atoms with Crippen molar-refractivity contribution in [2.75, 3.05) is 13.7 Å². The van der Waals surface area contributed by atoms with Crippen LogP contribution in [-0.4, -0.2) is 19.6 Å². The van der Waals surface area contributed by atoms with Gasteiger partial charge >= 0.3 is 0 Å². The number of benzene rings is 2. The van der Waals surface area contributed by atoms with Crippen LogP contribution in [0.4, 0.5) is 0 Å². The lowest BCUT2D eigenvalue weighted by Gasteiger charge is -2.12. The highest BCUT2D eigenvalue weighted by molar-refractivity contribution is 6.35. The summed E-state index contributed by atoms with van der Waals surface area (Å²) in [5.74, 6) is 0.476. The maximum absolute atomic E-state index is 11.2. The summed E-state index contributed by atoms with van der Waals surface area (Å²) < 4.78 is 10.9. The van der Waals surface area contributed by atoms with Gasteiger partial charge in [-0.2, -0.15) is 0 Å². The quantitative estimate of drug-likeness (QED) is 0.872. The maximum Gasteiger partial charge on any atom is 0.248 e. The van der Waals surface area contributed by atoms with Crippen LogP contribution in [0.15, 0.2) is 36.4 Å². The van der Waals surface area contributed by atoms with Crippen LogP contribution in [0.2, 0.25) is 10.0 Å². The molecular formula is C16H15Cl2NO3. The molecule has 2 N–H and O–H groups in total. The van der Waals surface area contributed by atoms with E-state index in [4.69, 9.17) is 38.4 Å². The van der Waals surface area contributed by atoms with Gasteiger partial charge in [0, 0.05) is 22.0 Å². The number of nitrogens with two attached hydrogens (primary N) is 1. The fraction of sp³-hybridized carbons (Fsp3) is 0.188. The number of hydrogen-bond donors (Lipinski definition) is 1. The molecule has 2 rings (SSSR count). The lowest BCUT2D eigenvalue weighted by atomic mass is 10.1. The van der Waals surface area contributed by atoms with Gasteiger partial charge in [0.25, 0.3) is 0 Å². The molecule has 0 aliphatic heterocycles. The van der Waals surface area contributed by atoms with E-state index >= 15 is 0 Å². The highest BCUT2D eigenvalue weighted by Crippen LogP contribution is 2.28. The molecule has 4 nitrogen and oxygen atoms in total. The second-order valence-corrected chi connectivity index (χ2v) is 5.41. The van der Waals surface area contributed by atoms with Crippen molar-refractivity contribution < 1.29 is 14.3 Å². The second kappa shape index (κ2) is 7.38. The number of methoxy groups -OCH3 is 1. The van der Waals surface area contributed by atoms with E-state index in [-0.39, 0.29) is 0 Å². The van der Waals surface area contributed by atoms with Crippen molar-refractivity contribution in [3.05, 3.63) is 57.6 Å². The highest BCUT2D eigenvalue weighted by atomic mass is 35.5. The second-order valence-electron chi connectivity index (χ2n) is 4.56. The van der Waals surface area contributed by atoms with Crippen LogP contribution in [0.3, 0.4) is 0 Å². The number of hydrogen-bond acceptors (Lipinski definition) is 3. The van der Waals surface area contributed by atoms with Crippen LogP contribution in [-0.2, 0) is 6.42 Å². The average Bonchev–Trinajstić information content (AvgIpc) is 2.49. The minimum atomic E-state index is -0.520. The Morgan fingerprint density at radius 3 is 2.55 bits per heavy atom. The lowest BCUT2D eigenvalue weighted by Crippen LogP contribution is -2.11. The smallest absolute Gasteiger partial charge is 0.248 e. The zero-order chi connectivity index (χ0) is 16.1. The number of carbonyl (C=O) groups is 1. The fourth-order valence-corrected chi connectivity index (χ4v) is 2.44. The lowest BCUT2D eigenvalue weighted by molar-refractivity contribution is 0.0999. The normalized spacial score (nSPS) is 10.3. The third-order valence-corrected chi connectivity index (χ3v) is 3.68. The first-order chi connectivity index (χ1) is 10.5. The molecule has 0 aliphatic rings. The van der Waals surface area contributed by atoms with Gasteiger partial charge in [0.2, 0.25) is 5.91 Å². The molecule has 22 heavy (non-hydrogen) atoms. The first-order valence-corrected chi connectivity index (χ1v) is 7.31. The maximum atomic E-state index is 11.2. The van der Waals surface area contributed by atoms with Crippen molar-refractivity contribution in [3.63, 3.8) is 0 Å². The number of ether oxygens (including phenoxy) is 2. The van der Waals surface area contributed by atoms with E-state index in [9.17, 15) is 4.79 Å². The molecule has 2 aromatic rings. The Morgan fingerprint density at radius 2 is 1.91 bits per heavy atom. The van der Waals surface area contributed by atoms with E-state index in [1.807, 2.05) is 6.07 Å². The minimum absolute atomic E-state index is 0.361. The number of primary amides is 1. The monoisotopic (exact) mass is 339 g/mol. The summed E-state index contributed by atoms with van der Waals surface area (Å²) >= 11 is 12.0. The highest BCUT2D eigenvalue weighted by Gasteiger charge is 2.09. The van der Waals surface area contributed by atoms with E-state index in [0.29, 0.717) is 40.1 Å². The van der Waals surface area contributed by atoms with Crippen molar-refractivity contribution in [2.45, 2.75) is 6.42 Å². The summed E-state index contributed by atoms with van der Waals surface area (Å²) in [6.45, 7) is 0.375. The van der Waals surface area contributed by atoms with Crippen LogP contribution in [0.1, 0.15) is 15.9 Å². The first kappa shape index (κ1) is 16.5. The first-order valence-electron chi connectivity index (χ1n) is 6.56. The van der Waals surface area contributed by atoms with Crippen LogP contribution in [0.5, 0.6) is 11.5 Å². The fourth-order valence-electron chi connectivity index (χ4n) is 1.94. The molecule has 2 aromatic carbocycles. The van der Waals surface area contributed by atoms with Crippen molar-refractivity contribution in [1.29, 1.82) is 0 Å². The van der Waals surface area contributed by atoms with Gasteiger partial charge in [-0.3, -0.25) is 4.79 Å². The zero-order valence-corrected chi connectivity index (χ0v) is 13.4. The Hall–Kier alpha value is -1.91. The van der Waals surface area contributed by atoms with E-state index in [1.54, 1.807) is 30.3 Å². The average molecular weight is 340 g/mol. The molecule has 0 atom stereocenters. The summed E-state index contributed by atoms with van der Waals surface area (Å²) in [5, 5.41) is 1.18. The Morgan fingerprint density at radius 1 is 1.14 bits per heavy atom. The number of carbonyl (C=O) groups excluding carboxylic acids is 1. The van der Waals surface area contributed by atoms with Gasteiger partial charge in [0.1, 0.15) is 0 Å². The van der Waals surface area contributed by atoms with Crippen LogP contribution in [0, 0.1) is 0 Å². The molecule has 0 fully saturated rings. The van der Waals surface area contributed by atoms with Gasteiger partial charge in [-0.1, -0.05) is 29.3 Å². The van der Waals surface area contributed by atoms with Gasteiger partial charge < -0.3 is 15.2 Å². The Labute approximate surface area is 138 Å². The van der Waals surface area contributed by atoms with Crippen LogP contribution < -0.4 is 15.2 Å². The van der Waals surface area contributed by atoms with E-state index in [1.165, 1.54) is 7.11 Å². The molecule has 0 bridgehead atoms. The summed E-state index contributed by atoms with van der Waals surface area (Å²) in [4.78, 5) is 11.2. The van der Waals surface area contributed by atoms with Crippen molar-refractivity contribution >= 4 is 29.1 Å². The number of rotatable bonds is 6. The molecule has 0 saturated heterocycles. The molecule has 0 spiro atoms. The largest absolute Gasteiger partial charge is 0.493 e. The summed E-state index contributed by atoms with van der Waals surface area (Å²) in [6.07, 6.45) is 0.597. The molecule has 0 aliphatic carbocycles. The van der Waals surface area contributed by atoms with Gasteiger partial charge in [0.15, 0.2) is 11.5 Å². The Balaban J connectivity index is 2.07. The zero-order valence-electron chi connectivity index (χ0n) is 11.9. The van der Waals surface area contributed by atoms with Gasteiger partial charge in [0.05, 0.1) is 13.7 Å². The van der Waals surface area contributed by atoms with Crippen molar-refractivity contribution in [3.8, 4) is 11.5 Å². The summed E-state index contributed by atoms with van der Waals surface area (Å²) in [5.41, 5.74) is 6.55. The van der Waals surface area contributed by atoms with Crippen molar-refractivity contribution in [2.24, 2.45) is 5.73 Å². The van der Waals surface area contributed by atoms with Gasteiger partial charge in [-0.25, -0.2) is 0 Å². The molecule has 116 valence electrons. The third kappa shape index (κ3) is 4.06. The molecule has 6 heteroatoms. The molecular weight excluding hydrogens is 325 g/mol. The topological polar surface area (TPSA) is 61.5 Å². The number of amides is 1. The third-order valence-electron chi connectivity index (χ3n) is 3.09. The van der Waals surface area contributed by atoms with Gasteiger partial charge in [-0.15, -0.1) is 0 Å². The van der Waals surface area contributed by atoms with Crippen LogP contribution in [0.25, 0.3) is 0 Å². The Bertz CT molecular complexity index is 689. The molecule has 0 unspecified atom stereocenters. The van der Waals surface area contributed by atoms with E-state index < -0.39 is 5.91 Å². The predicted octanol–water partition coefficient (Wildman–Crippen LogP) is 3.72. The molecule has 0 saturated carbocycles. The van der Waals surface area contributed by atoms with E-state index in [2.05, 4.69) is 0 Å². The summed E-state index contributed by atoms with van der Waals surface area (Å²) in [6, 6.07) is 10.1. The molecule has 0 aromatic heterocycles. The van der Waals surface area contributed by atoms with Crippen LogP contribution >= 0.6 is 23.2 Å². The van der Waals surface area contributed by atoms with Gasteiger partial charge in [-0.05, 0) is 35.9 Å². The van der Waals surface area contributed by atoms with Crippen molar-refractivity contribution in [1.82, 2.24) is 0 Å². The van der Waals surface area contributed by atoms with E-state index in [0.717, 1.165) is 5.56 Å². The molecule has 0 radical (unpaired) electrons.